The van der Waals surface area contributed by atoms with Crippen molar-refractivity contribution in [1.82, 2.24) is 20.5 Å². The lowest BCUT2D eigenvalue weighted by atomic mass is 10.3. The zero-order chi connectivity index (χ0) is 12.0. The molecule has 0 aliphatic carbocycles. The fourth-order valence-corrected chi connectivity index (χ4v) is 1.49. The maximum Gasteiger partial charge on any atom is 0.290 e. The highest BCUT2D eigenvalue weighted by atomic mass is 32.2. The Kier molecular flexibility index (Phi) is 5.31. The van der Waals surface area contributed by atoms with Gasteiger partial charge in [-0.1, -0.05) is 13.8 Å². The monoisotopic (exact) mass is 242 g/mol. The van der Waals surface area contributed by atoms with Crippen LogP contribution < -0.4 is 5.32 Å². The van der Waals surface area contributed by atoms with Gasteiger partial charge in [-0.05, 0) is 12.7 Å². The van der Waals surface area contributed by atoms with Crippen LogP contribution in [0.25, 0.3) is 0 Å². The molecule has 0 aromatic carbocycles. The van der Waals surface area contributed by atoms with Crippen LogP contribution in [0.2, 0.25) is 0 Å². The highest BCUT2D eigenvalue weighted by molar-refractivity contribution is 7.99. The molecule has 1 heterocycles. The molecule has 0 saturated carbocycles. The van der Waals surface area contributed by atoms with Crippen LogP contribution in [0.15, 0.2) is 0 Å². The quantitative estimate of drug-likeness (QED) is 0.787. The molecule has 0 radical (unpaired) electrons. The third-order valence-corrected chi connectivity index (χ3v) is 3.35. The van der Waals surface area contributed by atoms with E-state index in [0.29, 0.717) is 11.8 Å². The molecule has 1 amide bonds. The molecule has 0 bridgehead atoms. The van der Waals surface area contributed by atoms with Crippen LogP contribution in [0.1, 0.15) is 36.7 Å². The SMILES string of the molecule is CCc1nc(C(=O)NCCC(C)SC)n[nH]1. The van der Waals surface area contributed by atoms with E-state index in [2.05, 4.69) is 33.7 Å². The predicted molar refractivity (Wildman–Crippen MR) is 65.7 cm³/mol. The number of aromatic nitrogens is 3. The largest absolute Gasteiger partial charge is 0.349 e. The van der Waals surface area contributed by atoms with Crippen molar-refractivity contribution in [2.45, 2.75) is 31.9 Å². The number of nitrogens with zero attached hydrogens (tertiary/aromatic N) is 2. The number of hydrogen-bond donors (Lipinski definition) is 2. The first kappa shape index (κ1) is 13.0. The number of amides is 1. The number of H-pyrrole nitrogens is 1. The molecule has 6 heteroatoms. The molecule has 1 atom stereocenters. The summed E-state index contributed by atoms with van der Waals surface area (Å²) in [4.78, 5) is 15.6. The minimum atomic E-state index is -0.204. The van der Waals surface area contributed by atoms with Crippen molar-refractivity contribution in [3.8, 4) is 0 Å². The second-order valence-corrected chi connectivity index (χ2v) is 4.83. The van der Waals surface area contributed by atoms with E-state index in [0.717, 1.165) is 18.7 Å². The molecule has 0 aliphatic heterocycles. The number of rotatable bonds is 6. The Bertz CT molecular complexity index is 339. The van der Waals surface area contributed by atoms with Gasteiger partial charge in [0, 0.05) is 18.2 Å². The maximum atomic E-state index is 11.6. The molecule has 0 saturated heterocycles. The topological polar surface area (TPSA) is 70.7 Å². The molecule has 16 heavy (non-hydrogen) atoms. The van der Waals surface area contributed by atoms with E-state index < -0.39 is 0 Å². The summed E-state index contributed by atoms with van der Waals surface area (Å²) in [7, 11) is 0. The average molecular weight is 242 g/mol. The van der Waals surface area contributed by atoms with Crippen LogP contribution in [0.5, 0.6) is 0 Å². The van der Waals surface area contributed by atoms with E-state index in [1.807, 2.05) is 6.92 Å². The van der Waals surface area contributed by atoms with Crippen LogP contribution in [-0.2, 0) is 6.42 Å². The van der Waals surface area contributed by atoms with Gasteiger partial charge in [-0.25, -0.2) is 4.98 Å². The van der Waals surface area contributed by atoms with Crippen LogP contribution in [0, 0.1) is 0 Å². The summed E-state index contributed by atoms with van der Waals surface area (Å²) in [5.41, 5.74) is 0. The molecule has 1 unspecified atom stereocenters. The Balaban J connectivity index is 2.35. The third kappa shape index (κ3) is 3.84. The predicted octanol–water partition coefficient (Wildman–Crippen LogP) is 1.24. The van der Waals surface area contributed by atoms with E-state index in [1.54, 1.807) is 11.8 Å². The lowest BCUT2D eigenvalue weighted by Gasteiger charge is -2.07. The summed E-state index contributed by atoms with van der Waals surface area (Å²) in [5.74, 6) is 0.764. The second-order valence-electron chi connectivity index (χ2n) is 3.55. The number of aromatic amines is 1. The van der Waals surface area contributed by atoms with Crippen molar-refractivity contribution in [1.29, 1.82) is 0 Å². The van der Waals surface area contributed by atoms with Crippen LogP contribution in [-0.4, -0.2) is 39.1 Å². The number of hydrogen-bond acceptors (Lipinski definition) is 4. The van der Waals surface area contributed by atoms with E-state index in [1.165, 1.54) is 0 Å². The number of nitrogens with one attached hydrogen (secondary N) is 2. The van der Waals surface area contributed by atoms with E-state index >= 15 is 0 Å². The summed E-state index contributed by atoms with van der Waals surface area (Å²) >= 11 is 1.79. The summed E-state index contributed by atoms with van der Waals surface area (Å²) < 4.78 is 0. The van der Waals surface area contributed by atoms with Crippen molar-refractivity contribution in [2.75, 3.05) is 12.8 Å². The second kappa shape index (κ2) is 6.52. The van der Waals surface area contributed by atoms with Crippen molar-refractivity contribution < 1.29 is 4.79 Å². The van der Waals surface area contributed by atoms with Crippen LogP contribution >= 0.6 is 11.8 Å². The highest BCUT2D eigenvalue weighted by Crippen LogP contribution is 2.07. The maximum absolute atomic E-state index is 11.6. The Labute approximate surface area is 99.8 Å². The van der Waals surface area contributed by atoms with Crippen LogP contribution in [0.4, 0.5) is 0 Å². The standard InChI is InChI=1S/C10H18N4OS/c1-4-8-12-9(14-13-8)10(15)11-6-5-7(2)16-3/h7H,4-6H2,1-3H3,(H,11,15)(H,12,13,14). The fraction of sp³-hybridized carbons (Fsp3) is 0.700. The molecule has 1 aromatic rings. The van der Waals surface area contributed by atoms with E-state index in [4.69, 9.17) is 0 Å². The Morgan fingerprint density at radius 2 is 2.38 bits per heavy atom. The lowest BCUT2D eigenvalue weighted by molar-refractivity contribution is 0.0943. The molecule has 5 nitrogen and oxygen atoms in total. The normalized spacial score (nSPS) is 12.4. The van der Waals surface area contributed by atoms with Crippen molar-refractivity contribution >= 4 is 17.7 Å². The minimum Gasteiger partial charge on any atom is -0.349 e. The fourth-order valence-electron chi connectivity index (χ4n) is 1.14. The highest BCUT2D eigenvalue weighted by Gasteiger charge is 2.11. The lowest BCUT2D eigenvalue weighted by Crippen LogP contribution is -2.27. The van der Waals surface area contributed by atoms with Gasteiger partial charge in [0.2, 0.25) is 5.82 Å². The van der Waals surface area contributed by atoms with Gasteiger partial charge in [-0.15, -0.1) is 5.10 Å². The molecule has 0 fully saturated rings. The third-order valence-electron chi connectivity index (χ3n) is 2.31. The first-order valence-corrected chi connectivity index (χ1v) is 6.68. The molecule has 0 aliphatic rings. The van der Waals surface area contributed by atoms with Gasteiger partial charge in [0.1, 0.15) is 5.82 Å². The molecule has 90 valence electrons. The van der Waals surface area contributed by atoms with Gasteiger partial charge < -0.3 is 5.32 Å². The minimum absolute atomic E-state index is 0.204. The van der Waals surface area contributed by atoms with Crippen molar-refractivity contribution in [3.05, 3.63) is 11.6 Å². The molecule has 0 spiro atoms. The number of carbonyl (C=O) groups is 1. The molecule has 1 aromatic heterocycles. The van der Waals surface area contributed by atoms with Crippen LogP contribution in [0.3, 0.4) is 0 Å². The molecule has 1 rings (SSSR count). The van der Waals surface area contributed by atoms with Gasteiger partial charge in [-0.2, -0.15) is 11.8 Å². The van der Waals surface area contributed by atoms with Gasteiger partial charge in [0.25, 0.3) is 5.91 Å². The zero-order valence-corrected chi connectivity index (χ0v) is 10.7. The molecular weight excluding hydrogens is 224 g/mol. The molecule has 2 N–H and O–H groups in total. The van der Waals surface area contributed by atoms with Gasteiger partial charge in [0.05, 0.1) is 0 Å². The summed E-state index contributed by atoms with van der Waals surface area (Å²) in [6, 6.07) is 0. The summed E-state index contributed by atoms with van der Waals surface area (Å²) in [6.45, 7) is 4.76. The van der Waals surface area contributed by atoms with E-state index in [-0.39, 0.29) is 11.7 Å². The summed E-state index contributed by atoms with van der Waals surface area (Å²) in [5, 5.41) is 9.93. The molecular formula is C10H18N4OS. The van der Waals surface area contributed by atoms with Gasteiger partial charge in [-0.3, -0.25) is 9.89 Å². The number of aryl methyl sites for hydroxylation is 1. The Hall–Kier alpha value is -1.04. The van der Waals surface area contributed by atoms with Crippen molar-refractivity contribution in [2.24, 2.45) is 0 Å². The number of thioether (sulfide) groups is 1. The number of carbonyl (C=O) groups excluding carboxylic acids is 1. The zero-order valence-electron chi connectivity index (χ0n) is 9.91. The first-order chi connectivity index (χ1) is 7.67. The Morgan fingerprint density at radius 3 is 2.94 bits per heavy atom. The first-order valence-electron chi connectivity index (χ1n) is 5.39. The average Bonchev–Trinajstić information content (AvgIpc) is 2.77. The summed E-state index contributed by atoms with van der Waals surface area (Å²) in [6.07, 6.45) is 3.77. The van der Waals surface area contributed by atoms with Crippen molar-refractivity contribution in [3.63, 3.8) is 0 Å². The van der Waals surface area contributed by atoms with E-state index in [9.17, 15) is 4.79 Å². The van der Waals surface area contributed by atoms with Gasteiger partial charge in [0.15, 0.2) is 0 Å². The van der Waals surface area contributed by atoms with Gasteiger partial charge >= 0.3 is 0 Å². The smallest absolute Gasteiger partial charge is 0.290 e. The Morgan fingerprint density at radius 1 is 1.62 bits per heavy atom.